The number of nitrogens with one attached hydrogen (secondary N) is 1. The fourth-order valence-electron chi connectivity index (χ4n) is 3.39. The summed E-state index contributed by atoms with van der Waals surface area (Å²) in [6.07, 6.45) is 7.61. The second-order valence-corrected chi connectivity index (χ2v) is 6.76. The third kappa shape index (κ3) is 4.22. The van der Waals surface area contributed by atoms with Crippen LogP contribution in [0, 0.1) is 11.8 Å². The molecule has 0 spiro atoms. The Morgan fingerprint density at radius 3 is 2.60 bits per heavy atom. The summed E-state index contributed by atoms with van der Waals surface area (Å²) in [4.78, 5) is 26.2. The SMILES string of the molecule is CC(C)CC1NC(=O)CCN(CCC2CCCC2)C1=O. The molecule has 1 atom stereocenters. The molecular formula is C16H28N2O2. The highest BCUT2D eigenvalue weighted by Crippen LogP contribution is 2.27. The molecule has 0 radical (unpaired) electrons. The summed E-state index contributed by atoms with van der Waals surface area (Å²) in [7, 11) is 0. The average Bonchev–Trinajstić information content (AvgIpc) is 2.85. The molecular weight excluding hydrogens is 252 g/mol. The minimum absolute atomic E-state index is 0.0207. The zero-order valence-corrected chi connectivity index (χ0v) is 12.9. The molecule has 0 bridgehead atoms. The monoisotopic (exact) mass is 280 g/mol. The molecule has 0 aromatic carbocycles. The van der Waals surface area contributed by atoms with E-state index < -0.39 is 0 Å². The van der Waals surface area contributed by atoms with Gasteiger partial charge in [0, 0.05) is 19.5 Å². The van der Waals surface area contributed by atoms with Gasteiger partial charge in [-0.05, 0) is 24.7 Å². The Morgan fingerprint density at radius 2 is 1.95 bits per heavy atom. The summed E-state index contributed by atoms with van der Waals surface area (Å²) < 4.78 is 0. The summed E-state index contributed by atoms with van der Waals surface area (Å²) >= 11 is 0. The van der Waals surface area contributed by atoms with Crippen molar-refractivity contribution in [2.45, 2.75) is 64.8 Å². The average molecular weight is 280 g/mol. The van der Waals surface area contributed by atoms with Crippen molar-refractivity contribution >= 4 is 11.8 Å². The number of carbonyl (C=O) groups excluding carboxylic acids is 2. The first-order chi connectivity index (χ1) is 9.56. The van der Waals surface area contributed by atoms with Crippen LogP contribution in [0.3, 0.4) is 0 Å². The maximum Gasteiger partial charge on any atom is 0.245 e. The van der Waals surface area contributed by atoms with Crippen molar-refractivity contribution in [2.75, 3.05) is 13.1 Å². The third-order valence-electron chi connectivity index (χ3n) is 4.54. The van der Waals surface area contributed by atoms with Crippen LogP contribution in [-0.4, -0.2) is 35.8 Å². The normalized spacial score (nSPS) is 25.1. The number of amides is 2. The standard InChI is InChI=1S/C16H28N2O2/c1-12(2)11-14-16(20)18(10-8-15(19)17-14)9-7-13-5-3-4-6-13/h12-14H,3-11H2,1-2H3,(H,17,19). The molecule has 1 unspecified atom stereocenters. The van der Waals surface area contributed by atoms with Crippen molar-refractivity contribution in [2.24, 2.45) is 11.8 Å². The highest BCUT2D eigenvalue weighted by atomic mass is 16.2. The minimum atomic E-state index is -0.312. The predicted octanol–water partition coefficient (Wildman–Crippen LogP) is 2.33. The van der Waals surface area contributed by atoms with E-state index in [1.807, 2.05) is 4.90 Å². The van der Waals surface area contributed by atoms with Crippen LogP contribution in [-0.2, 0) is 9.59 Å². The molecule has 1 saturated heterocycles. The second-order valence-electron chi connectivity index (χ2n) is 6.76. The van der Waals surface area contributed by atoms with Crippen LogP contribution in [0.15, 0.2) is 0 Å². The maximum absolute atomic E-state index is 12.5. The van der Waals surface area contributed by atoms with Crippen molar-refractivity contribution in [3.63, 3.8) is 0 Å². The van der Waals surface area contributed by atoms with Crippen molar-refractivity contribution in [3.8, 4) is 0 Å². The summed E-state index contributed by atoms with van der Waals surface area (Å²) in [6.45, 7) is 5.60. The van der Waals surface area contributed by atoms with E-state index >= 15 is 0 Å². The topological polar surface area (TPSA) is 49.4 Å². The third-order valence-corrected chi connectivity index (χ3v) is 4.54. The predicted molar refractivity (Wildman–Crippen MR) is 79.2 cm³/mol. The van der Waals surface area contributed by atoms with Gasteiger partial charge in [0.2, 0.25) is 11.8 Å². The molecule has 1 aliphatic carbocycles. The number of rotatable bonds is 5. The molecule has 4 nitrogen and oxygen atoms in total. The molecule has 0 aromatic rings. The van der Waals surface area contributed by atoms with E-state index in [2.05, 4.69) is 19.2 Å². The van der Waals surface area contributed by atoms with Crippen LogP contribution in [0.4, 0.5) is 0 Å². The van der Waals surface area contributed by atoms with Gasteiger partial charge in [-0.1, -0.05) is 39.5 Å². The van der Waals surface area contributed by atoms with Gasteiger partial charge in [-0.2, -0.15) is 0 Å². The van der Waals surface area contributed by atoms with Crippen molar-refractivity contribution in [3.05, 3.63) is 0 Å². The lowest BCUT2D eigenvalue weighted by molar-refractivity contribution is -0.134. The minimum Gasteiger partial charge on any atom is -0.344 e. The lowest BCUT2D eigenvalue weighted by atomic mass is 10.0. The smallest absolute Gasteiger partial charge is 0.245 e. The van der Waals surface area contributed by atoms with Crippen LogP contribution in [0.2, 0.25) is 0 Å². The Bertz CT molecular complexity index is 348. The van der Waals surface area contributed by atoms with Gasteiger partial charge in [0.05, 0.1) is 0 Å². The van der Waals surface area contributed by atoms with Crippen LogP contribution in [0.1, 0.15) is 58.8 Å². The molecule has 1 saturated carbocycles. The molecule has 0 aromatic heterocycles. The van der Waals surface area contributed by atoms with E-state index in [1.54, 1.807) is 0 Å². The van der Waals surface area contributed by atoms with E-state index in [0.29, 0.717) is 18.9 Å². The Balaban J connectivity index is 1.91. The fraction of sp³-hybridized carbons (Fsp3) is 0.875. The summed E-state index contributed by atoms with van der Waals surface area (Å²) in [6, 6.07) is -0.312. The first-order valence-corrected chi connectivity index (χ1v) is 8.14. The molecule has 2 amide bonds. The highest BCUT2D eigenvalue weighted by Gasteiger charge is 2.30. The van der Waals surface area contributed by atoms with E-state index in [9.17, 15) is 9.59 Å². The van der Waals surface area contributed by atoms with Crippen LogP contribution < -0.4 is 5.32 Å². The van der Waals surface area contributed by atoms with Crippen molar-refractivity contribution in [1.29, 1.82) is 0 Å². The highest BCUT2D eigenvalue weighted by molar-refractivity contribution is 5.89. The Hall–Kier alpha value is -1.06. The molecule has 1 heterocycles. The molecule has 2 rings (SSSR count). The van der Waals surface area contributed by atoms with E-state index in [0.717, 1.165) is 25.3 Å². The second kappa shape index (κ2) is 7.09. The zero-order chi connectivity index (χ0) is 14.5. The van der Waals surface area contributed by atoms with Crippen molar-refractivity contribution < 1.29 is 9.59 Å². The largest absolute Gasteiger partial charge is 0.344 e. The molecule has 2 fully saturated rings. The van der Waals surface area contributed by atoms with Gasteiger partial charge >= 0.3 is 0 Å². The summed E-state index contributed by atoms with van der Waals surface area (Å²) in [5.41, 5.74) is 0. The number of nitrogens with zero attached hydrogens (tertiary/aromatic N) is 1. The number of carbonyl (C=O) groups is 2. The lowest BCUT2D eigenvalue weighted by Crippen LogP contribution is -2.45. The van der Waals surface area contributed by atoms with Crippen molar-refractivity contribution in [1.82, 2.24) is 10.2 Å². The van der Waals surface area contributed by atoms with Gasteiger partial charge in [0.25, 0.3) is 0 Å². The van der Waals surface area contributed by atoms with Gasteiger partial charge in [-0.15, -0.1) is 0 Å². The van der Waals surface area contributed by atoms with E-state index in [4.69, 9.17) is 0 Å². The Morgan fingerprint density at radius 1 is 1.25 bits per heavy atom. The van der Waals surface area contributed by atoms with Gasteiger partial charge < -0.3 is 10.2 Å². The lowest BCUT2D eigenvalue weighted by Gasteiger charge is -2.26. The van der Waals surface area contributed by atoms with Crippen LogP contribution in [0.5, 0.6) is 0 Å². The molecule has 2 aliphatic rings. The van der Waals surface area contributed by atoms with Gasteiger partial charge in [-0.3, -0.25) is 9.59 Å². The van der Waals surface area contributed by atoms with Gasteiger partial charge in [0.1, 0.15) is 6.04 Å². The number of hydrogen-bond acceptors (Lipinski definition) is 2. The van der Waals surface area contributed by atoms with Gasteiger partial charge in [0.15, 0.2) is 0 Å². The van der Waals surface area contributed by atoms with E-state index in [1.165, 1.54) is 25.7 Å². The van der Waals surface area contributed by atoms with E-state index in [-0.39, 0.29) is 17.9 Å². The quantitative estimate of drug-likeness (QED) is 0.840. The van der Waals surface area contributed by atoms with Crippen LogP contribution in [0.25, 0.3) is 0 Å². The molecule has 1 aliphatic heterocycles. The Labute approximate surface area is 122 Å². The summed E-state index contributed by atoms with van der Waals surface area (Å²) in [5, 5.41) is 2.89. The molecule has 4 heteroatoms. The van der Waals surface area contributed by atoms with Gasteiger partial charge in [-0.25, -0.2) is 0 Å². The zero-order valence-electron chi connectivity index (χ0n) is 12.9. The first-order valence-electron chi connectivity index (χ1n) is 8.14. The first kappa shape index (κ1) is 15.3. The molecule has 114 valence electrons. The molecule has 1 N–H and O–H groups in total. The Kier molecular flexibility index (Phi) is 5.44. The van der Waals surface area contributed by atoms with Crippen LogP contribution >= 0.6 is 0 Å². The fourth-order valence-corrected chi connectivity index (χ4v) is 3.39. The molecule has 20 heavy (non-hydrogen) atoms. The number of hydrogen-bond donors (Lipinski definition) is 1. The maximum atomic E-state index is 12.5. The summed E-state index contributed by atoms with van der Waals surface area (Å²) in [5.74, 6) is 1.35.